The Hall–Kier alpha value is -1.88. The Morgan fingerprint density at radius 3 is 2.67 bits per heavy atom. The minimum atomic E-state index is -0.0268. The van der Waals surface area contributed by atoms with Gasteiger partial charge in [0.2, 0.25) is 5.91 Å². The second-order valence-electron chi connectivity index (χ2n) is 4.17. The highest BCUT2D eigenvalue weighted by atomic mass is 16.3. The average molecular weight is 247 g/mol. The van der Waals surface area contributed by atoms with Crippen molar-refractivity contribution in [1.29, 1.82) is 0 Å². The summed E-state index contributed by atoms with van der Waals surface area (Å²) in [5.74, 6) is -0.0268. The zero-order chi connectivity index (χ0) is 12.8. The van der Waals surface area contributed by atoms with Gasteiger partial charge in [0.05, 0.1) is 5.71 Å². The summed E-state index contributed by atoms with van der Waals surface area (Å²) in [6, 6.07) is 7.92. The van der Waals surface area contributed by atoms with Crippen molar-refractivity contribution < 1.29 is 9.90 Å². The fourth-order valence-corrected chi connectivity index (χ4v) is 1.77. The normalized spacial score (nSPS) is 14.9. The molecule has 1 aromatic rings. The quantitative estimate of drug-likeness (QED) is 0.682. The van der Waals surface area contributed by atoms with E-state index in [1.165, 1.54) is 0 Å². The summed E-state index contributed by atoms with van der Waals surface area (Å²) in [5.41, 5.74) is 5.46. The summed E-state index contributed by atoms with van der Waals surface area (Å²) in [5, 5.41) is 16.0. The van der Waals surface area contributed by atoms with Crippen LogP contribution >= 0.6 is 0 Å². The van der Waals surface area contributed by atoms with Crippen molar-refractivity contribution in [3.05, 3.63) is 29.8 Å². The van der Waals surface area contributed by atoms with Gasteiger partial charge in [0.15, 0.2) is 0 Å². The maximum Gasteiger partial charge on any atom is 0.240 e. The molecule has 1 amide bonds. The van der Waals surface area contributed by atoms with Gasteiger partial charge in [0.1, 0.15) is 0 Å². The van der Waals surface area contributed by atoms with Crippen LogP contribution in [-0.2, 0) is 4.79 Å². The maximum atomic E-state index is 11.0. The van der Waals surface area contributed by atoms with E-state index in [4.69, 9.17) is 5.11 Å². The predicted octanol–water partition coefficient (Wildman–Crippen LogP) is 1.09. The number of rotatable bonds is 5. The van der Waals surface area contributed by atoms with E-state index in [9.17, 15) is 4.79 Å². The van der Waals surface area contributed by atoms with E-state index in [0.717, 1.165) is 29.9 Å². The Morgan fingerprint density at radius 2 is 2.06 bits per heavy atom. The summed E-state index contributed by atoms with van der Waals surface area (Å²) in [7, 11) is 0. The number of carbonyl (C=O) groups excluding carboxylic acids is 1. The van der Waals surface area contributed by atoms with Crippen LogP contribution in [0, 0.1) is 0 Å². The second kappa shape index (κ2) is 6.16. The molecule has 3 N–H and O–H groups in total. The molecule has 1 heterocycles. The van der Waals surface area contributed by atoms with E-state index < -0.39 is 0 Å². The Labute approximate surface area is 106 Å². The number of hydrogen-bond donors (Lipinski definition) is 3. The molecule has 0 atom stereocenters. The monoisotopic (exact) mass is 247 g/mol. The summed E-state index contributed by atoms with van der Waals surface area (Å²) in [4.78, 5) is 11.0. The number of aliphatic hydroxyl groups excluding tert-OH is 1. The molecule has 0 spiro atoms. The maximum absolute atomic E-state index is 11.0. The lowest BCUT2D eigenvalue weighted by atomic mass is 10.0. The highest BCUT2D eigenvalue weighted by Crippen LogP contribution is 2.14. The van der Waals surface area contributed by atoms with Crippen molar-refractivity contribution in [3.8, 4) is 0 Å². The topological polar surface area (TPSA) is 73.7 Å². The van der Waals surface area contributed by atoms with Crippen molar-refractivity contribution in [3.63, 3.8) is 0 Å². The van der Waals surface area contributed by atoms with Crippen LogP contribution in [-0.4, -0.2) is 29.9 Å². The first kappa shape index (κ1) is 12.6. The van der Waals surface area contributed by atoms with Gasteiger partial charge in [-0.25, -0.2) is 5.43 Å². The molecular formula is C13H17N3O2. The Balaban J connectivity index is 1.97. The molecule has 2 rings (SSSR count). The first-order valence-electron chi connectivity index (χ1n) is 6.10. The van der Waals surface area contributed by atoms with Gasteiger partial charge < -0.3 is 10.4 Å². The van der Waals surface area contributed by atoms with Crippen molar-refractivity contribution in [2.45, 2.75) is 19.3 Å². The van der Waals surface area contributed by atoms with Crippen molar-refractivity contribution in [2.24, 2.45) is 5.10 Å². The zero-order valence-electron chi connectivity index (χ0n) is 10.1. The number of benzene rings is 1. The molecule has 0 radical (unpaired) electrons. The van der Waals surface area contributed by atoms with Crippen LogP contribution in [0.4, 0.5) is 5.69 Å². The smallest absolute Gasteiger partial charge is 0.240 e. The third-order valence-corrected chi connectivity index (χ3v) is 2.79. The van der Waals surface area contributed by atoms with Crippen molar-refractivity contribution in [1.82, 2.24) is 5.43 Å². The molecule has 0 aromatic heterocycles. The minimum Gasteiger partial charge on any atom is -0.396 e. The standard InChI is InChI=1S/C13H17N3O2/c17-9-1-8-14-11-4-2-10(3-5-11)12-6-7-13(18)16-15-12/h2-5,14,17H,1,6-9H2,(H,16,18). The molecule has 0 unspecified atom stereocenters. The van der Waals surface area contributed by atoms with Crippen LogP contribution in [0.25, 0.3) is 0 Å². The van der Waals surface area contributed by atoms with Gasteiger partial charge in [-0.15, -0.1) is 0 Å². The minimum absolute atomic E-state index is 0.0268. The van der Waals surface area contributed by atoms with Gasteiger partial charge in [0.25, 0.3) is 0 Å². The molecular weight excluding hydrogens is 230 g/mol. The van der Waals surface area contributed by atoms with Crippen molar-refractivity contribution in [2.75, 3.05) is 18.5 Å². The van der Waals surface area contributed by atoms with Crippen LogP contribution in [0.2, 0.25) is 0 Å². The van der Waals surface area contributed by atoms with Crippen molar-refractivity contribution >= 4 is 17.3 Å². The van der Waals surface area contributed by atoms with Gasteiger partial charge in [-0.2, -0.15) is 5.10 Å². The molecule has 0 bridgehead atoms. The molecule has 0 fully saturated rings. The molecule has 0 aliphatic carbocycles. The first-order chi connectivity index (χ1) is 8.79. The Kier molecular flexibility index (Phi) is 4.30. The molecule has 96 valence electrons. The van der Waals surface area contributed by atoms with Gasteiger partial charge in [-0.1, -0.05) is 12.1 Å². The van der Waals surface area contributed by atoms with E-state index in [-0.39, 0.29) is 12.5 Å². The summed E-state index contributed by atoms with van der Waals surface area (Å²) in [6.45, 7) is 0.953. The lowest BCUT2D eigenvalue weighted by molar-refractivity contribution is -0.121. The van der Waals surface area contributed by atoms with Crippen LogP contribution < -0.4 is 10.7 Å². The van der Waals surface area contributed by atoms with Gasteiger partial charge >= 0.3 is 0 Å². The SMILES string of the molecule is O=C1CCC(c2ccc(NCCCO)cc2)=NN1. The molecule has 5 heteroatoms. The number of nitrogens with zero attached hydrogens (tertiary/aromatic N) is 1. The summed E-state index contributed by atoms with van der Waals surface area (Å²) < 4.78 is 0. The summed E-state index contributed by atoms with van der Waals surface area (Å²) >= 11 is 0. The molecule has 18 heavy (non-hydrogen) atoms. The predicted molar refractivity (Wildman–Crippen MR) is 70.5 cm³/mol. The van der Waals surface area contributed by atoms with E-state index >= 15 is 0 Å². The average Bonchev–Trinajstić information content (AvgIpc) is 2.41. The first-order valence-corrected chi connectivity index (χ1v) is 6.10. The summed E-state index contributed by atoms with van der Waals surface area (Å²) in [6.07, 6.45) is 1.92. The number of amides is 1. The fourth-order valence-electron chi connectivity index (χ4n) is 1.77. The number of nitrogens with one attached hydrogen (secondary N) is 2. The van der Waals surface area contributed by atoms with Gasteiger partial charge in [-0.05, 0) is 24.1 Å². The lowest BCUT2D eigenvalue weighted by Gasteiger charge is -2.12. The molecule has 1 aliphatic heterocycles. The third-order valence-electron chi connectivity index (χ3n) is 2.79. The van der Waals surface area contributed by atoms with Crippen LogP contribution in [0.3, 0.4) is 0 Å². The highest BCUT2D eigenvalue weighted by Gasteiger charge is 2.12. The van der Waals surface area contributed by atoms with E-state index in [1.54, 1.807) is 0 Å². The number of aliphatic hydroxyl groups is 1. The van der Waals surface area contributed by atoms with Crippen LogP contribution in [0.1, 0.15) is 24.8 Å². The second-order valence-corrected chi connectivity index (χ2v) is 4.17. The van der Waals surface area contributed by atoms with Crippen LogP contribution in [0.5, 0.6) is 0 Å². The van der Waals surface area contributed by atoms with Gasteiger partial charge in [0, 0.05) is 31.7 Å². The lowest BCUT2D eigenvalue weighted by Crippen LogP contribution is -2.25. The molecule has 5 nitrogen and oxygen atoms in total. The number of anilines is 1. The number of hydrogen-bond acceptors (Lipinski definition) is 4. The fraction of sp³-hybridized carbons (Fsp3) is 0.385. The zero-order valence-corrected chi connectivity index (χ0v) is 10.1. The molecule has 1 aromatic carbocycles. The molecule has 0 saturated carbocycles. The molecule has 0 saturated heterocycles. The van der Waals surface area contributed by atoms with Crippen LogP contribution in [0.15, 0.2) is 29.4 Å². The molecule has 1 aliphatic rings. The highest BCUT2D eigenvalue weighted by molar-refractivity contribution is 6.04. The van der Waals surface area contributed by atoms with E-state index in [0.29, 0.717) is 12.8 Å². The van der Waals surface area contributed by atoms with Gasteiger partial charge in [-0.3, -0.25) is 4.79 Å². The Bertz CT molecular complexity index is 440. The number of carbonyl (C=O) groups is 1. The largest absolute Gasteiger partial charge is 0.396 e. The number of hydrazone groups is 1. The van der Waals surface area contributed by atoms with E-state index in [2.05, 4.69) is 15.8 Å². The van der Waals surface area contributed by atoms with E-state index in [1.807, 2.05) is 24.3 Å². The third kappa shape index (κ3) is 3.30. The Morgan fingerprint density at radius 1 is 1.28 bits per heavy atom.